The van der Waals surface area contributed by atoms with E-state index in [-0.39, 0.29) is 30.3 Å². The van der Waals surface area contributed by atoms with E-state index in [9.17, 15) is 9.90 Å². The van der Waals surface area contributed by atoms with Crippen molar-refractivity contribution in [2.75, 3.05) is 62.1 Å². The number of hydrogen-bond donors (Lipinski definition) is 3. The number of carbonyl (C=O) groups excluding carboxylic acids is 1. The van der Waals surface area contributed by atoms with Crippen LogP contribution in [0.15, 0.2) is 67.6 Å². The lowest BCUT2D eigenvalue weighted by Gasteiger charge is -2.35. The lowest BCUT2D eigenvalue weighted by molar-refractivity contribution is -0.126. The Hall–Kier alpha value is -5.01. The van der Waals surface area contributed by atoms with E-state index in [1.54, 1.807) is 42.5 Å². The van der Waals surface area contributed by atoms with Gasteiger partial charge in [-0.1, -0.05) is 6.58 Å². The number of aromatic nitrogens is 3. The van der Waals surface area contributed by atoms with Gasteiger partial charge in [-0.25, -0.2) is 19.3 Å². The normalized spacial score (nSPS) is 17.1. The Balaban J connectivity index is 1.18. The van der Waals surface area contributed by atoms with Crippen LogP contribution in [0.5, 0.6) is 17.2 Å². The lowest BCUT2D eigenvalue weighted by atomic mass is 10.0. The molecule has 0 saturated carbocycles. The Morgan fingerprint density at radius 1 is 1.11 bits per heavy atom. The van der Waals surface area contributed by atoms with Crippen LogP contribution < -0.4 is 25.0 Å². The molecule has 4 heterocycles. The first-order chi connectivity index (χ1) is 22.4. The Labute approximate surface area is 265 Å². The molecule has 13 heteroatoms. The monoisotopic (exact) mass is 629 g/mol. The number of hydrogen-bond acceptors (Lipinski definition) is 11. The van der Waals surface area contributed by atoms with E-state index in [4.69, 9.17) is 14.2 Å². The summed E-state index contributed by atoms with van der Waals surface area (Å²) in [5.74, 6) is 1.90. The van der Waals surface area contributed by atoms with E-state index >= 15 is 4.39 Å². The minimum absolute atomic E-state index is 0.0571. The number of aliphatic hydroxyl groups is 1. The van der Waals surface area contributed by atoms with Crippen molar-refractivity contribution in [3.63, 3.8) is 0 Å². The van der Waals surface area contributed by atoms with E-state index < -0.39 is 5.82 Å². The third-order valence-electron chi connectivity index (χ3n) is 8.18. The second-order valence-electron chi connectivity index (χ2n) is 11.1. The molecule has 46 heavy (non-hydrogen) atoms. The van der Waals surface area contributed by atoms with Crippen molar-refractivity contribution in [1.82, 2.24) is 19.9 Å². The number of fused-ring (bicyclic) bond motifs is 1. The van der Waals surface area contributed by atoms with E-state index in [2.05, 4.69) is 32.2 Å². The topological polar surface area (TPSA) is 134 Å². The zero-order valence-corrected chi connectivity index (χ0v) is 25.5. The molecule has 3 N–H and O–H groups in total. The van der Waals surface area contributed by atoms with Crippen molar-refractivity contribution in [2.24, 2.45) is 0 Å². The number of halogens is 1. The Bertz CT molecular complexity index is 1720. The van der Waals surface area contributed by atoms with Crippen LogP contribution in [-0.4, -0.2) is 89.5 Å². The van der Waals surface area contributed by atoms with Crippen LogP contribution in [0.1, 0.15) is 12.8 Å². The summed E-state index contributed by atoms with van der Waals surface area (Å²) in [4.78, 5) is 29.0. The highest BCUT2D eigenvalue weighted by atomic mass is 19.1. The molecule has 0 unspecified atom stereocenters. The number of piperidine rings is 1. The first-order valence-electron chi connectivity index (χ1n) is 15.1. The Morgan fingerprint density at radius 3 is 2.70 bits per heavy atom. The van der Waals surface area contributed by atoms with Crippen LogP contribution in [0.4, 0.5) is 27.4 Å². The smallest absolute Gasteiger partial charge is 0.245 e. The number of likely N-dealkylation sites (tertiary alicyclic amines) is 1. The molecule has 2 aromatic carbocycles. The van der Waals surface area contributed by atoms with Crippen molar-refractivity contribution in [3.8, 4) is 17.2 Å². The zero-order valence-electron chi connectivity index (χ0n) is 25.5. The standard InChI is InChI=1S/C33H36FN7O5/c1-3-32(43)40-10-7-21(8-11-40)38-29-16-25-28(17-30(29)44-2)36-20-37-33(25)39-27-5-4-23(14-26(27)34)46-24-6-9-35-31(15-24)41-12-13-45-19-22(41)18-42/h3-6,9,14-17,20-22,38,42H,1,7-8,10-13,18-19H2,2H3,(H,36,37,39)/t22-/m1/s1. The van der Waals surface area contributed by atoms with Crippen LogP contribution in [0.25, 0.3) is 10.9 Å². The molecular formula is C33H36FN7O5. The first-order valence-corrected chi connectivity index (χ1v) is 15.1. The minimum atomic E-state index is -0.528. The van der Waals surface area contributed by atoms with E-state index in [0.29, 0.717) is 72.6 Å². The van der Waals surface area contributed by atoms with Crippen LogP contribution >= 0.6 is 0 Å². The van der Waals surface area contributed by atoms with Gasteiger partial charge in [-0.15, -0.1) is 0 Å². The quantitative estimate of drug-likeness (QED) is 0.214. The van der Waals surface area contributed by atoms with Crippen molar-refractivity contribution >= 4 is 39.8 Å². The number of morpholine rings is 1. The van der Waals surface area contributed by atoms with Gasteiger partial charge in [-0.3, -0.25) is 4.79 Å². The minimum Gasteiger partial charge on any atom is -0.495 e. The number of nitrogens with zero attached hydrogens (tertiary/aromatic N) is 5. The highest BCUT2D eigenvalue weighted by molar-refractivity contribution is 5.95. The molecule has 4 aromatic rings. The number of pyridine rings is 1. The average Bonchev–Trinajstić information content (AvgIpc) is 3.09. The Morgan fingerprint density at radius 2 is 1.93 bits per heavy atom. The molecule has 2 aromatic heterocycles. The number of nitrogens with one attached hydrogen (secondary N) is 2. The first kappa shape index (κ1) is 31.0. The predicted octanol–water partition coefficient (Wildman–Crippen LogP) is 4.49. The SMILES string of the molecule is C=CC(=O)N1CCC(Nc2cc3c(Nc4ccc(Oc5ccnc(N6CCOC[C@H]6CO)c5)cc4F)ncnc3cc2OC)CC1. The second-order valence-corrected chi connectivity index (χ2v) is 11.1. The van der Waals surface area contributed by atoms with Crippen LogP contribution in [0.2, 0.25) is 0 Å². The maximum Gasteiger partial charge on any atom is 0.245 e. The lowest BCUT2D eigenvalue weighted by Crippen LogP contribution is -2.48. The summed E-state index contributed by atoms with van der Waals surface area (Å²) in [6, 6.07) is 11.7. The number of rotatable bonds is 10. The summed E-state index contributed by atoms with van der Waals surface area (Å²) in [5, 5.41) is 17.1. The van der Waals surface area contributed by atoms with Gasteiger partial charge in [0.15, 0.2) is 0 Å². The molecule has 0 radical (unpaired) electrons. The number of carbonyl (C=O) groups is 1. The summed E-state index contributed by atoms with van der Waals surface area (Å²) in [7, 11) is 1.60. The van der Waals surface area contributed by atoms with Gasteiger partial charge in [0.1, 0.15) is 41.0 Å². The van der Waals surface area contributed by atoms with E-state index in [0.717, 1.165) is 18.5 Å². The highest BCUT2D eigenvalue weighted by Crippen LogP contribution is 2.35. The molecule has 240 valence electrons. The van der Waals surface area contributed by atoms with Gasteiger partial charge in [0, 0.05) is 55.5 Å². The summed E-state index contributed by atoms with van der Waals surface area (Å²) >= 11 is 0. The summed E-state index contributed by atoms with van der Waals surface area (Å²) in [6.45, 7) is 6.33. The summed E-state index contributed by atoms with van der Waals surface area (Å²) < 4.78 is 32.5. The van der Waals surface area contributed by atoms with Crippen molar-refractivity contribution in [1.29, 1.82) is 0 Å². The highest BCUT2D eigenvalue weighted by Gasteiger charge is 2.25. The summed E-state index contributed by atoms with van der Waals surface area (Å²) in [5.41, 5.74) is 1.60. The second kappa shape index (κ2) is 14.0. The third kappa shape index (κ3) is 6.80. The number of ether oxygens (including phenoxy) is 3. The number of anilines is 4. The number of amides is 1. The molecule has 1 atom stereocenters. The van der Waals surface area contributed by atoms with Gasteiger partial charge in [0.2, 0.25) is 5.91 Å². The fourth-order valence-corrected chi connectivity index (χ4v) is 5.71. The van der Waals surface area contributed by atoms with Gasteiger partial charge in [0.25, 0.3) is 0 Å². The van der Waals surface area contributed by atoms with Crippen molar-refractivity contribution < 1.29 is 28.5 Å². The van der Waals surface area contributed by atoms with Crippen LogP contribution in [0, 0.1) is 5.82 Å². The molecule has 0 spiro atoms. The fourth-order valence-electron chi connectivity index (χ4n) is 5.71. The number of methoxy groups -OCH3 is 1. The zero-order chi connectivity index (χ0) is 32.0. The predicted molar refractivity (Wildman–Crippen MR) is 173 cm³/mol. The molecule has 2 aliphatic heterocycles. The fraction of sp³-hybridized carbons (Fsp3) is 0.333. The largest absolute Gasteiger partial charge is 0.495 e. The van der Waals surface area contributed by atoms with Gasteiger partial charge in [-0.05, 0) is 43.2 Å². The molecular weight excluding hydrogens is 593 g/mol. The summed E-state index contributed by atoms with van der Waals surface area (Å²) in [6.07, 6.45) is 5.92. The van der Waals surface area contributed by atoms with E-state index in [1.165, 1.54) is 18.5 Å². The molecule has 0 aliphatic carbocycles. The van der Waals surface area contributed by atoms with E-state index in [1.807, 2.05) is 17.0 Å². The van der Waals surface area contributed by atoms with Crippen LogP contribution in [0.3, 0.4) is 0 Å². The van der Waals surface area contributed by atoms with Crippen molar-refractivity contribution in [3.05, 3.63) is 73.5 Å². The maximum atomic E-state index is 15.4. The van der Waals surface area contributed by atoms with Gasteiger partial charge < -0.3 is 39.8 Å². The van der Waals surface area contributed by atoms with Crippen molar-refractivity contribution in [2.45, 2.75) is 24.9 Å². The number of aliphatic hydroxyl groups excluding tert-OH is 1. The molecule has 6 rings (SSSR count). The molecule has 12 nitrogen and oxygen atoms in total. The van der Waals surface area contributed by atoms with Crippen LogP contribution in [-0.2, 0) is 9.53 Å². The number of benzene rings is 2. The van der Waals surface area contributed by atoms with Gasteiger partial charge >= 0.3 is 0 Å². The third-order valence-corrected chi connectivity index (χ3v) is 8.18. The molecule has 0 bridgehead atoms. The molecule has 2 aliphatic rings. The Kier molecular flexibility index (Phi) is 9.41. The van der Waals surface area contributed by atoms with Gasteiger partial charge in [0.05, 0.1) is 49.9 Å². The molecule has 1 amide bonds. The molecule has 2 saturated heterocycles. The van der Waals surface area contributed by atoms with Gasteiger partial charge in [-0.2, -0.15) is 0 Å². The molecule has 2 fully saturated rings. The average molecular weight is 630 g/mol. The maximum absolute atomic E-state index is 15.4.